The number of rotatable bonds is 7. The number of hydrogen-bond acceptors (Lipinski definition) is 5. The molecule has 150 valence electrons. The van der Waals surface area contributed by atoms with E-state index in [2.05, 4.69) is 0 Å². The van der Waals surface area contributed by atoms with Crippen LogP contribution in [0.5, 0.6) is 23.0 Å². The van der Waals surface area contributed by atoms with Crippen LogP contribution < -0.4 is 14.2 Å². The molecule has 0 fully saturated rings. The van der Waals surface area contributed by atoms with Crippen molar-refractivity contribution in [2.75, 3.05) is 20.8 Å². The van der Waals surface area contributed by atoms with Gasteiger partial charge in [-0.2, -0.15) is 0 Å². The highest BCUT2D eigenvalue weighted by Gasteiger charge is 2.36. The molecule has 1 heterocycles. The highest BCUT2D eigenvalue weighted by molar-refractivity contribution is 5.54. The van der Waals surface area contributed by atoms with Crippen LogP contribution >= 0.6 is 0 Å². The first-order valence-electron chi connectivity index (χ1n) is 9.52. The highest BCUT2D eigenvalue weighted by Crippen LogP contribution is 2.50. The maximum absolute atomic E-state index is 10.5. The van der Waals surface area contributed by atoms with Gasteiger partial charge in [-0.15, -0.1) is 0 Å². The Balaban J connectivity index is 1.59. The van der Waals surface area contributed by atoms with E-state index in [4.69, 9.17) is 18.9 Å². The summed E-state index contributed by atoms with van der Waals surface area (Å²) in [5.74, 6) is 1.96. The summed E-state index contributed by atoms with van der Waals surface area (Å²) in [5, 5.41) is 10.5. The fraction of sp³-hybridized carbons (Fsp3) is 0.250. The van der Waals surface area contributed by atoms with Gasteiger partial charge in [0.25, 0.3) is 0 Å². The molecule has 1 aliphatic rings. The number of aromatic hydroxyl groups is 1. The summed E-state index contributed by atoms with van der Waals surface area (Å²) in [6.07, 6.45) is -0.209. The second-order valence-electron chi connectivity index (χ2n) is 7.01. The van der Waals surface area contributed by atoms with Crippen molar-refractivity contribution in [1.82, 2.24) is 0 Å². The van der Waals surface area contributed by atoms with E-state index in [0.717, 1.165) is 22.4 Å². The van der Waals surface area contributed by atoms with Gasteiger partial charge in [0.05, 0.1) is 19.6 Å². The molecule has 0 saturated heterocycles. The summed E-state index contributed by atoms with van der Waals surface area (Å²) in [6.45, 7) is 0.851. The summed E-state index contributed by atoms with van der Waals surface area (Å²) in [5.41, 5.74) is 2.97. The van der Waals surface area contributed by atoms with Gasteiger partial charge < -0.3 is 24.1 Å². The Morgan fingerprint density at radius 2 is 1.72 bits per heavy atom. The molecule has 0 aliphatic carbocycles. The minimum Gasteiger partial charge on any atom is -0.504 e. The van der Waals surface area contributed by atoms with Gasteiger partial charge in [0.2, 0.25) is 0 Å². The van der Waals surface area contributed by atoms with Crippen molar-refractivity contribution in [3.8, 4) is 23.0 Å². The standard InChI is InChI=1S/C24H24O5/c1-26-15-20-19-12-21(25)23(28-14-16-6-4-3-5-7-16)13-22(19)29-24(20)17-8-10-18(27-2)11-9-17/h3-13,20,24-25H,14-15H2,1-2H3/t20-,24+/m0/s1. The molecule has 1 aliphatic heterocycles. The van der Waals surface area contributed by atoms with Crippen LogP contribution in [0.2, 0.25) is 0 Å². The minimum absolute atomic E-state index is 0.0301. The van der Waals surface area contributed by atoms with Crippen molar-refractivity contribution >= 4 is 0 Å². The lowest BCUT2D eigenvalue weighted by atomic mass is 9.91. The van der Waals surface area contributed by atoms with Crippen molar-refractivity contribution in [3.63, 3.8) is 0 Å². The number of phenolic OH excluding ortho intramolecular Hbond substituents is 1. The van der Waals surface area contributed by atoms with Gasteiger partial charge in [0.1, 0.15) is 24.2 Å². The molecular formula is C24H24O5. The molecule has 0 unspecified atom stereocenters. The van der Waals surface area contributed by atoms with Crippen LogP contribution in [-0.2, 0) is 11.3 Å². The molecule has 5 heteroatoms. The predicted molar refractivity (Wildman–Crippen MR) is 110 cm³/mol. The minimum atomic E-state index is -0.209. The van der Waals surface area contributed by atoms with Crippen LogP contribution in [0.25, 0.3) is 0 Å². The maximum atomic E-state index is 10.5. The molecule has 0 spiro atoms. The zero-order valence-corrected chi connectivity index (χ0v) is 16.5. The molecule has 3 aromatic rings. The van der Waals surface area contributed by atoms with Crippen molar-refractivity contribution in [2.45, 2.75) is 18.6 Å². The van der Waals surface area contributed by atoms with E-state index in [0.29, 0.717) is 24.7 Å². The third-order valence-corrected chi connectivity index (χ3v) is 5.14. The lowest BCUT2D eigenvalue weighted by molar-refractivity contribution is 0.124. The maximum Gasteiger partial charge on any atom is 0.165 e. The van der Waals surface area contributed by atoms with Gasteiger partial charge in [0.15, 0.2) is 11.5 Å². The Hall–Kier alpha value is -3.18. The number of hydrogen-bond donors (Lipinski definition) is 1. The van der Waals surface area contributed by atoms with Crippen molar-refractivity contribution < 1.29 is 24.1 Å². The molecule has 0 radical (unpaired) electrons. The number of fused-ring (bicyclic) bond motifs is 1. The first-order valence-corrected chi connectivity index (χ1v) is 9.52. The summed E-state index contributed by atoms with van der Waals surface area (Å²) in [4.78, 5) is 0. The topological polar surface area (TPSA) is 57.2 Å². The molecule has 1 N–H and O–H groups in total. The van der Waals surface area contributed by atoms with Crippen LogP contribution in [0.4, 0.5) is 0 Å². The third kappa shape index (κ3) is 4.00. The van der Waals surface area contributed by atoms with E-state index < -0.39 is 0 Å². The average molecular weight is 392 g/mol. The quantitative estimate of drug-likeness (QED) is 0.623. The second kappa shape index (κ2) is 8.45. The Bertz CT molecular complexity index is 953. The van der Waals surface area contributed by atoms with Crippen LogP contribution in [-0.4, -0.2) is 25.9 Å². The van der Waals surface area contributed by atoms with Crippen molar-refractivity contribution in [2.24, 2.45) is 0 Å². The number of phenols is 1. The van der Waals surface area contributed by atoms with E-state index in [1.807, 2.05) is 54.6 Å². The summed E-state index contributed by atoms with van der Waals surface area (Å²) in [6, 6.07) is 21.1. The Labute approximate surface area is 170 Å². The van der Waals surface area contributed by atoms with Gasteiger partial charge in [0, 0.05) is 18.7 Å². The van der Waals surface area contributed by atoms with Crippen molar-refractivity contribution in [1.29, 1.82) is 0 Å². The molecule has 0 bridgehead atoms. The number of methoxy groups -OCH3 is 2. The molecule has 0 aromatic heterocycles. The van der Waals surface area contributed by atoms with E-state index in [9.17, 15) is 5.11 Å². The summed E-state index contributed by atoms with van der Waals surface area (Å²) in [7, 11) is 3.31. The molecule has 3 aromatic carbocycles. The highest BCUT2D eigenvalue weighted by atomic mass is 16.5. The van der Waals surface area contributed by atoms with Gasteiger partial charge in [-0.1, -0.05) is 42.5 Å². The van der Waals surface area contributed by atoms with Crippen LogP contribution in [0, 0.1) is 0 Å². The van der Waals surface area contributed by atoms with Gasteiger partial charge in [-0.25, -0.2) is 0 Å². The summed E-state index contributed by atoms with van der Waals surface area (Å²) >= 11 is 0. The Kier molecular flexibility index (Phi) is 5.58. The fourth-order valence-corrected chi connectivity index (χ4v) is 3.64. The van der Waals surface area contributed by atoms with E-state index in [1.54, 1.807) is 26.4 Å². The first kappa shape index (κ1) is 19.2. The predicted octanol–water partition coefficient (Wildman–Crippen LogP) is 4.84. The zero-order chi connectivity index (χ0) is 20.2. The molecule has 0 amide bonds. The fourth-order valence-electron chi connectivity index (χ4n) is 3.64. The number of benzene rings is 3. The van der Waals surface area contributed by atoms with Crippen molar-refractivity contribution in [3.05, 3.63) is 83.4 Å². The normalized spacial score (nSPS) is 17.4. The lowest BCUT2D eigenvalue weighted by Gasteiger charge is -2.19. The third-order valence-electron chi connectivity index (χ3n) is 5.14. The van der Waals surface area contributed by atoms with E-state index in [1.165, 1.54) is 0 Å². The molecule has 5 nitrogen and oxygen atoms in total. The van der Waals surface area contributed by atoms with E-state index in [-0.39, 0.29) is 17.8 Å². The van der Waals surface area contributed by atoms with Gasteiger partial charge in [-0.05, 0) is 29.3 Å². The van der Waals surface area contributed by atoms with Crippen LogP contribution in [0.1, 0.15) is 28.7 Å². The van der Waals surface area contributed by atoms with E-state index >= 15 is 0 Å². The van der Waals surface area contributed by atoms with Gasteiger partial charge in [-0.3, -0.25) is 0 Å². The molecule has 2 atom stereocenters. The van der Waals surface area contributed by atoms with Crippen LogP contribution in [0.15, 0.2) is 66.7 Å². The smallest absolute Gasteiger partial charge is 0.165 e. The average Bonchev–Trinajstić information content (AvgIpc) is 3.10. The van der Waals surface area contributed by atoms with Gasteiger partial charge >= 0.3 is 0 Å². The molecular weight excluding hydrogens is 368 g/mol. The monoisotopic (exact) mass is 392 g/mol. The first-order chi connectivity index (χ1) is 14.2. The largest absolute Gasteiger partial charge is 0.504 e. The molecule has 0 saturated carbocycles. The lowest BCUT2D eigenvalue weighted by Crippen LogP contribution is -2.14. The Morgan fingerprint density at radius 1 is 0.966 bits per heavy atom. The molecule has 4 rings (SSSR count). The zero-order valence-electron chi connectivity index (χ0n) is 16.5. The second-order valence-corrected chi connectivity index (χ2v) is 7.01. The SMILES string of the molecule is COC[C@H]1c2cc(O)c(OCc3ccccc3)cc2O[C@@H]1c1ccc(OC)cc1. The summed E-state index contributed by atoms with van der Waals surface area (Å²) < 4.78 is 22.8. The molecule has 29 heavy (non-hydrogen) atoms. The number of ether oxygens (including phenoxy) is 4. The Morgan fingerprint density at radius 3 is 2.41 bits per heavy atom. The van der Waals surface area contributed by atoms with Crippen LogP contribution in [0.3, 0.4) is 0 Å².